The maximum absolute atomic E-state index is 12.5. The molecule has 0 radical (unpaired) electrons. The molecule has 4 aliphatic rings. The highest BCUT2D eigenvalue weighted by Crippen LogP contribution is 2.74. The Kier molecular flexibility index (Phi) is 3.95. The van der Waals surface area contributed by atoms with E-state index in [4.69, 9.17) is 4.74 Å². The van der Waals surface area contributed by atoms with Crippen LogP contribution >= 0.6 is 0 Å². The van der Waals surface area contributed by atoms with Crippen LogP contribution in [0.5, 0.6) is 0 Å². The summed E-state index contributed by atoms with van der Waals surface area (Å²) in [5, 5.41) is 12.5. The quantitative estimate of drug-likeness (QED) is 0.781. The van der Waals surface area contributed by atoms with Gasteiger partial charge in [0.25, 0.3) is 0 Å². The molecule has 2 saturated carbocycles. The Balaban J connectivity index is 1.15. The number of carboxylic acid groups (broad SMARTS) is 1. The monoisotopic (exact) mass is 385 g/mol. The summed E-state index contributed by atoms with van der Waals surface area (Å²) in [5.41, 5.74) is 1.25. The van der Waals surface area contributed by atoms with Crippen LogP contribution in [-0.4, -0.2) is 59.8 Å². The average molecular weight is 385 g/mol. The number of amides is 2. The molecule has 1 aromatic heterocycles. The molecule has 4 fully saturated rings. The molecule has 2 aliphatic heterocycles. The Morgan fingerprint density at radius 2 is 2.25 bits per heavy atom. The fourth-order valence-electron chi connectivity index (χ4n) is 6.04. The van der Waals surface area contributed by atoms with Gasteiger partial charge < -0.3 is 20.1 Å². The minimum atomic E-state index is -0.822. The topological polar surface area (TPSA) is 91.8 Å². The van der Waals surface area contributed by atoms with Gasteiger partial charge in [-0.15, -0.1) is 0 Å². The third kappa shape index (κ3) is 2.55. The molecule has 28 heavy (non-hydrogen) atoms. The zero-order valence-corrected chi connectivity index (χ0v) is 16.1. The molecule has 2 amide bonds. The Morgan fingerprint density at radius 3 is 2.89 bits per heavy atom. The van der Waals surface area contributed by atoms with Crippen molar-refractivity contribution in [3.05, 3.63) is 30.1 Å². The fourth-order valence-corrected chi connectivity index (χ4v) is 6.04. The van der Waals surface area contributed by atoms with Gasteiger partial charge in [0.2, 0.25) is 5.91 Å². The summed E-state index contributed by atoms with van der Waals surface area (Å²) in [5.74, 6) is 1.38. The first-order valence-electron chi connectivity index (χ1n) is 10.2. The number of aromatic nitrogens is 1. The molecule has 1 aromatic rings. The number of nitrogens with zero attached hydrogens (tertiary/aromatic N) is 2. The summed E-state index contributed by atoms with van der Waals surface area (Å²) in [4.78, 5) is 29.6. The van der Waals surface area contributed by atoms with E-state index in [1.807, 2.05) is 18.3 Å². The van der Waals surface area contributed by atoms with Gasteiger partial charge in [0.1, 0.15) is 0 Å². The Morgan fingerprint density at radius 1 is 1.43 bits per heavy atom. The zero-order chi connectivity index (χ0) is 19.5. The van der Waals surface area contributed by atoms with Crippen LogP contribution in [-0.2, 0) is 9.53 Å². The number of hydrogen-bond acceptors (Lipinski definition) is 4. The lowest BCUT2D eigenvalue weighted by Gasteiger charge is -2.46. The van der Waals surface area contributed by atoms with E-state index in [9.17, 15) is 14.7 Å². The number of carbonyl (C=O) groups is 2. The Labute approximate surface area is 164 Å². The minimum absolute atomic E-state index is 0.0339. The van der Waals surface area contributed by atoms with Gasteiger partial charge in [-0.05, 0) is 42.2 Å². The van der Waals surface area contributed by atoms with Crippen molar-refractivity contribution in [2.24, 2.45) is 28.6 Å². The van der Waals surface area contributed by atoms with Crippen LogP contribution in [0.15, 0.2) is 24.5 Å². The number of ether oxygens (including phenoxy) is 1. The highest BCUT2D eigenvalue weighted by molar-refractivity contribution is 5.82. The lowest BCUT2D eigenvalue weighted by molar-refractivity contribution is -0.148. The molecule has 5 atom stereocenters. The molecule has 2 saturated heterocycles. The number of likely N-dealkylation sites (tertiary alicyclic amines) is 1. The van der Waals surface area contributed by atoms with Crippen LogP contribution in [0.25, 0.3) is 0 Å². The second kappa shape index (κ2) is 6.17. The van der Waals surface area contributed by atoms with E-state index in [-0.39, 0.29) is 22.7 Å². The molecule has 7 nitrogen and oxygen atoms in total. The lowest BCUT2D eigenvalue weighted by Crippen LogP contribution is -2.51. The van der Waals surface area contributed by atoms with Crippen LogP contribution in [0, 0.1) is 28.6 Å². The molecular formula is C21H27N3O4. The highest BCUT2D eigenvalue weighted by atomic mass is 16.5. The van der Waals surface area contributed by atoms with Crippen LogP contribution in [0.4, 0.5) is 4.79 Å². The Hall–Kier alpha value is -2.15. The van der Waals surface area contributed by atoms with E-state index in [0.717, 1.165) is 18.4 Å². The normalized spacial score (nSPS) is 37.0. The summed E-state index contributed by atoms with van der Waals surface area (Å²) in [6.45, 7) is 5.56. The van der Waals surface area contributed by atoms with Crippen molar-refractivity contribution in [1.29, 1.82) is 0 Å². The minimum Gasteiger partial charge on any atom is -0.465 e. The smallest absolute Gasteiger partial charge is 0.407 e. The molecule has 5 unspecified atom stereocenters. The van der Waals surface area contributed by atoms with Crippen molar-refractivity contribution >= 4 is 12.0 Å². The third-order valence-electron chi connectivity index (χ3n) is 7.80. The van der Waals surface area contributed by atoms with E-state index in [1.54, 1.807) is 11.1 Å². The summed E-state index contributed by atoms with van der Waals surface area (Å²) < 4.78 is 5.48. The second-order valence-corrected chi connectivity index (χ2v) is 9.28. The number of pyridine rings is 1. The van der Waals surface area contributed by atoms with Gasteiger partial charge in [0.05, 0.1) is 13.2 Å². The van der Waals surface area contributed by atoms with E-state index in [0.29, 0.717) is 50.6 Å². The average Bonchev–Trinajstić information content (AvgIpc) is 3.54. The first kappa shape index (κ1) is 17.9. The van der Waals surface area contributed by atoms with Gasteiger partial charge in [-0.2, -0.15) is 0 Å². The lowest BCUT2D eigenvalue weighted by atomic mass is 9.70. The third-order valence-corrected chi connectivity index (χ3v) is 7.80. The number of piperidine rings is 1. The first-order chi connectivity index (χ1) is 13.5. The van der Waals surface area contributed by atoms with Crippen molar-refractivity contribution in [3.63, 3.8) is 0 Å². The molecule has 5 rings (SSSR count). The largest absolute Gasteiger partial charge is 0.465 e. The maximum atomic E-state index is 12.5. The molecule has 7 heteroatoms. The van der Waals surface area contributed by atoms with E-state index >= 15 is 0 Å². The molecule has 0 spiro atoms. The maximum Gasteiger partial charge on any atom is 0.407 e. The zero-order valence-electron chi connectivity index (χ0n) is 16.1. The van der Waals surface area contributed by atoms with E-state index in [2.05, 4.69) is 17.2 Å². The van der Waals surface area contributed by atoms with Gasteiger partial charge in [0.15, 0.2) is 0 Å². The van der Waals surface area contributed by atoms with Gasteiger partial charge in [-0.3, -0.25) is 9.78 Å². The van der Waals surface area contributed by atoms with Crippen LogP contribution < -0.4 is 5.32 Å². The van der Waals surface area contributed by atoms with Crippen LogP contribution in [0.2, 0.25) is 0 Å². The molecule has 150 valence electrons. The van der Waals surface area contributed by atoms with Crippen molar-refractivity contribution in [3.8, 4) is 0 Å². The summed E-state index contributed by atoms with van der Waals surface area (Å²) >= 11 is 0. The number of nitrogens with one attached hydrogen (secondary N) is 1. The van der Waals surface area contributed by atoms with Gasteiger partial charge in [-0.1, -0.05) is 13.0 Å². The highest BCUT2D eigenvalue weighted by Gasteiger charge is 2.77. The van der Waals surface area contributed by atoms with Crippen molar-refractivity contribution in [2.75, 3.05) is 32.8 Å². The summed E-state index contributed by atoms with van der Waals surface area (Å²) in [6.07, 6.45) is 4.60. The molecule has 0 bridgehead atoms. The van der Waals surface area contributed by atoms with Gasteiger partial charge >= 0.3 is 6.09 Å². The molecule has 0 aromatic carbocycles. The van der Waals surface area contributed by atoms with Crippen LogP contribution in [0.1, 0.15) is 31.2 Å². The van der Waals surface area contributed by atoms with Crippen molar-refractivity contribution in [1.82, 2.24) is 15.2 Å². The molecule has 2 aliphatic carbocycles. The number of fused-ring (bicyclic) bond motifs is 1. The van der Waals surface area contributed by atoms with E-state index < -0.39 is 6.09 Å². The molecular weight excluding hydrogens is 358 g/mol. The molecule has 2 N–H and O–H groups in total. The molecule has 3 heterocycles. The predicted octanol–water partition coefficient (Wildman–Crippen LogP) is 1.95. The number of carbonyl (C=O) groups excluding carboxylic acids is 1. The van der Waals surface area contributed by atoms with Crippen molar-refractivity contribution < 1.29 is 19.4 Å². The summed E-state index contributed by atoms with van der Waals surface area (Å²) in [6, 6.07) is 3.95. The SMILES string of the molecule is CC1(C23CN(C(=O)O)CC2C3CCNC(=O)C2CC2c2cccnc2)COC1. The van der Waals surface area contributed by atoms with Crippen LogP contribution in [0.3, 0.4) is 0 Å². The second-order valence-electron chi connectivity index (χ2n) is 9.28. The van der Waals surface area contributed by atoms with Gasteiger partial charge in [0, 0.05) is 48.8 Å². The Bertz CT molecular complexity index is 796. The van der Waals surface area contributed by atoms with Crippen molar-refractivity contribution in [2.45, 2.75) is 25.7 Å². The number of rotatable bonds is 6. The van der Waals surface area contributed by atoms with E-state index in [1.165, 1.54) is 0 Å². The first-order valence-corrected chi connectivity index (χ1v) is 10.2. The fraction of sp³-hybridized carbons (Fsp3) is 0.667. The predicted molar refractivity (Wildman–Crippen MR) is 101 cm³/mol. The standard InChI is InChI=1S/C21H27N3O4/c1-20(11-28-12-20)21-10-24(19(26)27)9-17(21)16(21)4-6-23-18(25)15-7-14(15)13-3-2-5-22-8-13/h2-3,5,8,14-17H,4,6-7,9-12H2,1H3,(H,23,25)(H,26,27). The summed E-state index contributed by atoms with van der Waals surface area (Å²) in [7, 11) is 0. The number of hydrogen-bond donors (Lipinski definition) is 2. The van der Waals surface area contributed by atoms with Gasteiger partial charge in [-0.25, -0.2) is 4.79 Å².